The Hall–Kier alpha value is -1.09. The van der Waals surface area contributed by atoms with E-state index in [1.807, 2.05) is 13.1 Å². The van der Waals surface area contributed by atoms with Gasteiger partial charge in [0, 0.05) is 18.0 Å². The van der Waals surface area contributed by atoms with E-state index in [0.29, 0.717) is 18.2 Å². The third-order valence-corrected chi connectivity index (χ3v) is 3.52. The largest absolute Gasteiger partial charge is 0.472 e. The molecule has 0 aliphatic heterocycles. The fourth-order valence-corrected chi connectivity index (χ4v) is 2.57. The molecule has 0 atom stereocenters. The van der Waals surface area contributed by atoms with Gasteiger partial charge in [0.05, 0.1) is 19.1 Å². The molecule has 0 aromatic carbocycles. The van der Waals surface area contributed by atoms with Crippen molar-refractivity contribution in [3.63, 3.8) is 0 Å². The van der Waals surface area contributed by atoms with Crippen LogP contribution in [-0.2, 0) is 11.3 Å². The third kappa shape index (κ3) is 3.70. The molecule has 1 aliphatic rings. The summed E-state index contributed by atoms with van der Waals surface area (Å²) in [5, 5.41) is 0. The van der Waals surface area contributed by atoms with Gasteiger partial charge >= 0.3 is 0 Å². The number of likely N-dealkylation sites (N-methyl/N-ethyl adjacent to an activating group) is 1. The maximum Gasteiger partial charge on any atom is 0.149 e. The molecule has 0 spiro atoms. The Morgan fingerprint density at radius 1 is 1.41 bits per heavy atom. The minimum atomic E-state index is 0.315. The average Bonchev–Trinajstić information content (AvgIpc) is 2.82. The molecule has 1 aromatic rings. The van der Waals surface area contributed by atoms with Gasteiger partial charge in [0.2, 0.25) is 0 Å². The quantitative estimate of drug-likeness (QED) is 0.787. The normalized spacial score (nSPS) is 17.5. The van der Waals surface area contributed by atoms with E-state index in [1.165, 1.54) is 19.3 Å². The van der Waals surface area contributed by atoms with Crippen molar-refractivity contribution in [1.82, 2.24) is 4.90 Å². The number of rotatable bonds is 5. The molecule has 1 fully saturated rings. The van der Waals surface area contributed by atoms with Crippen LogP contribution in [-0.4, -0.2) is 24.3 Å². The van der Waals surface area contributed by atoms with Gasteiger partial charge in [-0.15, -0.1) is 0 Å². The van der Waals surface area contributed by atoms with Crippen molar-refractivity contribution in [1.29, 1.82) is 0 Å². The van der Waals surface area contributed by atoms with Crippen LogP contribution in [0.4, 0.5) is 0 Å². The van der Waals surface area contributed by atoms with Gasteiger partial charge in [-0.2, -0.15) is 0 Å². The van der Waals surface area contributed by atoms with Crippen LogP contribution in [0.5, 0.6) is 0 Å². The molecule has 1 aliphatic carbocycles. The van der Waals surface area contributed by atoms with Crippen LogP contribution in [0.15, 0.2) is 23.0 Å². The number of hydrogen-bond acceptors (Lipinski definition) is 3. The Kier molecular flexibility index (Phi) is 4.37. The maximum absolute atomic E-state index is 12.1. The molecule has 0 unspecified atom stereocenters. The zero-order valence-corrected chi connectivity index (χ0v) is 10.5. The number of ketones is 1. The highest BCUT2D eigenvalue weighted by atomic mass is 16.3. The van der Waals surface area contributed by atoms with Gasteiger partial charge in [0.1, 0.15) is 5.78 Å². The minimum Gasteiger partial charge on any atom is -0.472 e. The third-order valence-electron chi connectivity index (χ3n) is 3.52. The number of carbonyl (C=O) groups is 1. The van der Waals surface area contributed by atoms with Gasteiger partial charge in [-0.05, 0) is 26.0 Å². The van der Waals surface area contributed by atoms with Crippen molar-refractivity contribution < 1.29 is 9.21 Å². The van der Waals surface area contributed by atoms with Crippen molar-refractivity contribution in [3.05, 3.63) is 24.2 Å². The van der Waals surface area contributed by atoms with Crippen LogP contribution >= 0.6 is 0 Å². The Labute approximate surface area is 103 Å². The summed E-state index contributed by atoms with van der Waals surface area (Å²) >= 11 is 0. The van der Waals surface area contributed by atoms with Crippen molar-refractivity contribution in [3.8, 4) is 0 Å². The number of carbonyl (C=O) groups excluding carboxylic acids is 1. The molecule has 0 amide bonds. The molecule has 0 bridgehead atoms. The molecular weight excluding hydrogens is 214 g/mol. The van der Waals surface area contributed by atoms with Crippen LogP contribution in [0, 0.1) is 5.92 Å². The van der Waals surface area contributed by atoms with Crippen molar-refractivity contribution in [2.75, 3.05) is 13.6 Å². The van der Waals surface area contributed by atoms with Crippen molar-refractivity contribution in [2.24, 2.45) is 5.92 Å². The van der Waals surface area contributed by atoms with Crippen LogP contribution in [0.1, 0.15) is 37.7 Å². The smallest absolute Gasteiger partial charge is 0.149 e. The first-order valence-corrected chi connectivity index (χ1v) is 6.48. The lowest BCUT2D eigenvalue weighted by Crippen LogP contribution is -2.30. The van der Waals surface area contributed by atoms with E-state index in [2.05, 4.69) is 4.90 Å². The fourth-order valence-electron chi connectivity index (χ4n) is 2.57. The summed E-state index contributed by atoms with van der Waals surface area (Å²) in [5.41, 5.74) is 1.13. The zero-order valence-electron chi connectivity index (χ0n) is 10.5. The maximum atomic E-state index is 12.1. The average molecular weight is 235 g/mol. The van der Waals surface area contributed by atoms with Gasteiger partial charge in [0.15, 0.2) is 0 Å². The lowest BCUT2D eigenvalue weighted by molar-refractivity contribution is -0.124. The van der Waals surface area contributed by atoms with E-state index in [0.717, 1.165) is 24.9 Å². The summed E-state index contributed by atoms with van der Waals surface area (Å²) in [5.74, 6) is 0.728. The summed E-state index contributed by atoms with van der Waals surface area (Å²) in [7, 11) is 1.99. The minimum absolute atomic E-state index is 0.315. The molecule has 0 saturated heterocycles. The second kappa shape index (κ2) is 6.01. The second-order valence-electron chi connectivity index (χ2n) is 5.11. The van der Waals surface area contributed by atoms with Gasteiger partial charge in [-0.25, -0.2) is 0 Å². The lowest BCUT2D eigenvalue weighted by atomic mass is 9.86. The predicted octanol–water partition coefficient (Wildman–Crippen LogP) is 2.86. The molecule has 94 valence electrons. The molecule has 0 radical (unpaired) electrons. The Balaban J connectivity index is 1.77. The SMILES string of the molecule is CN(CC(=O)C1CCCCC1)Cc1ccoc1. The molecule has 2 rings (SSSR count). The number of nitrogens with zero attached hydrogens (tertiary/aromatic N) is 1. The highest BCUT2D eigenvalue weighted by Crippen LogP contribution is 2.24. The zero-order chi connectivity index (χ0) is 12.1. The molecular formula is C14H21NO2. The van der Waals surface area contributed by atoms with E-state index >= 15 is 0 Å². The molecule has 1 saturated carbocycles. The number of furan rings is 1. The predicted molar refractivity (Wildman–Crippen MR) is 66.6 cm³/mol. The molecule has 0 N–H and O–H groups in total. The summed E-state index contributed by atoms with van der Waals surface area (Å²) in [6.07, 6.45) is 9.35. The topological polar surface area (TPSA) is 33.5 Å². The lowest BCUT2D eigenvalue weighted by Gasteiger charge is -2.23. The number of Topliss-reactive ketones (excluding diaryl/α,β-unsaturated/α-hetero) is 1. The first-order valence-electron chi connectivity index (χ1n) is 6.48. The molecule has 3 heteroatoms. The monoisotopic (exact) mass is 235 g/mol. The van der Waals surface area contributed by atoms with E-state index in [9.17, 15) is 4.79 Å². The molecule has 1 aromatic heterocycles. The molecule has 1 heterocycles. The molecule has 3 nitrogen and oxygen atoms in total. The fraction of sp³-hybridized carbons (Fsp3) is 0.643. The summed E-state index contributed by atoms with van der Waals surface area (Å²) in [6, 6.07) is 1.95. The summed E-state index contributed by atoms with van der Waals surface area (Å²) in [4.78, 5) is 14.1. The standard InChI is InChI=1S/C14H21NO2/c1-15(9-12-7-8-17-11-12)10-14(16)13-5-3-2-4-6-13/h7-8,11,13H,2-6,9-10H2,1H3. The van der Waals surface area contributed by atoms with Gasteiger partial charge < -0.3 is 4.42 Å². The van der Waals surface area contributed by atoms with Crippen molar-refractivity contribution >= 4 is 5.78 Å². The van der Waals surface area contributed by atoms with Crippen LogP contribution in [0.25, 0.3) is 0 Å². The van der Waals surface area contributed by atoms with Gasteiger partial charge in [-0.1, -0.05) is 19.3 Å². The summed E-state index contributed by atoms with van der Waals surface area (Å²) in [6.45, 7) is 1.35. The van der Waals surface area contributed by atoms with Crippen LogP contribution in [0.3, 0.4) is 0 Å². The van der Waals surface area contributed by atoms with Gasteiger partial charge in [0.25, 0.3) is 0 Å². The van der Waals surface area contributed by atoms with Crippen molar-refractivity contribution in [2.45, 2.75) is 38.6 Å². The number of hydrogen-bond donors (Lipinski definition) is 0. The first-order chi connectivity index (χ1) is 8.25. The Morgan fingerprint density at radius 2 is 2.18 bits per heavy atom. The van der Waals surface area contributed by atoms with Gasteiger partial charge in [-0.3, -0.25) is 9.69 Å². The second-order valence-corrected chi connectivity index (χ2v) is 5.11. The highest BCUT2D eigenvalue weighted by Gasteiger charge is 2.21. The summed E-state index contributed by atoms with van der Waals surface area (Å²) < 4.78 is 5.03. The van der Waals surface area contributed by atoms with E-state index in [-0.39, 0.29) is 0 Å². The van der Waals surface area contributed by atoms with Crippen LogP contribution < -0.4 is 0 Å². The first kappa shape index (κ1) is 12.4. The Morgan fingerprint density at radius 3 is 2.82 bits per heavy atom. The highest BCUT2D eigenvalue weighted by molar-refractivity contribution is 5.83. The molecule has 17 heavy (non-hydrogen) atoms. The Bertz CT molecular complexity index is 339. The van der Waals surface area contributed by atoms with E-state index in [4.69, 9.17) is 4.42 Å². The van der Waals surface area contributed by atoms with E-state index < -0.39 is 0 Å². The van der Waals surface area contributed by atoms with Crippen LogP contribution in [0.2, 0.25) is 0 Å². The van der Waals surface area contributed by atoms with E-state index in [1.54, 1.807) is 12.5 Å².